The van der Waals surface area contributed by atoms with E-state index in [1.807, 2.05) is 26.3 Å². The molecule has 0 amide bonds. The fourth-order valence-corrected chi connectivity index (χ4v) is 5.49. The van der Waals surface area contributed by atoms with E-state index in [4.69, 9.17) is 10.1 Å². The number of fused-ring (bicyclic) bond motifs is 3. The summed E-state index contributed by atoms with van der Waals surface area (Å²) in [7, 11) is 0. The van der Waals surface area contributed by atoms with E-state index < -0.39 is 0 Å². The van der Waals surface area contributed by atoms with E-state index >= 15 is 0 Å². The summed E-state index contributed by atoms with van der Waals surface area (Å²) >= 11 is 0. The Morgan fingerprint density at radius 2 is 1.94 bits per heavy atom. The Balaban J connectivity index is 1.21. The number of hydrogen-bond donors (Lipinski definition) is 2. The van der Waals surface area contributed by atoms with Crippen LogP contribution in [0.1, 0.15) is 61.7 Å². The summed E-state index contributed by atoms with van der Waals surface area (Å²) in [5.74, 6) is 1.23. The zero-order chi connectivity index (χ0) is 22.4. The molecule has 8 rings (SSSR count). The molecule has 34 heavy (non-hydrogen) atoms. The first kappa shape index (κ1) is 18.9. The summed E-state index contributed by atoms with van der Waals surface area (Å²) in [5.41, 5.74) is 4.58. The Morgan fingerprint density at radius 3 is 2.74 bits per heavy atom. The largest absolute Gasteiger partial charge is 0.324 e. The number of aromatic nitrogens is 6. The maximum absolute atomic E-state index is 13.3. The minimum Gasteiger partial charge on any atom is -0.324 e. The van der Waals surface area contributed by atoms with Gasteiger partial charge < -0.3 is 10.6 Å². The molecule has 4 aromatic rings. The molecule has 2 N–H and O–H groups in total. The fraction of sp³-hybridized carbons (Fsp3) is 0.440. The van der Waals surface area contributed by atoms with Crippen LogP contribution in [0, 0.1) is 0 Å². The lowest BCUT2D eigenvalue weighted by atomic mass is 9.92. The van der Waals surface area contributed by atoms with Gasteiger partial charge in [-0.1, -0.05) is 6.07 Å². The normalized spacial score (nSPS) is 20.6. The third-order valence-electron chi connectivity index (χ3n) is 7.73. The number of nitrogens with zero attached hydrogens (tertiary/aromatic N) is 6. The van der Waals surface area contributed by atoms with Gasteiger partial charge in [0.05, 0.1) is 12.1 Å². The SMILES string of the molecule is O=c1c2cnc(Nc3ccc4c(c3)CCNC43CC3)nc2n(-c2ccn(C3CC3)n2)n1C1CC1. The number of anilines is 2. The van der Waals surface area contributed by atoms with Crippen LogP contribution in [0.2, 0.25) is 0 Å². The lowest BCUT2D eigenvalue weighted by molar-refractivity contribution is 0.490. The molecule has 1 aromatic carbocycles. The Labute approximate surface area is 195 Å². The molecule has 4 aliphatic rings. The van der Waals surface area contributed by atoms with Crippen LogP contribution in [0.15, 0.2) is 41.5 Å². The van der Waals surface area contributed by atoms with E-state index in [1.165, 1.54) is 24.0 Å². The van der Waals surface area contributed by atoms with Crippen LogP contribution in [0.5, 0.6) is 0 Å². The maximum atomic E-state index is 13.3. The van der Waals surface area contributed by atoms with Gasteiger partial charge in [-0.25, -0.2) is 14.3 Å². The lowest BCUT2D eigenvalue weighted by Crippen LogP contribution is -2.36. The summed E-state index contributed by atoms with van der Waals surface area (Å²) in [6.45, 7) is 1.02. The predicted octanol–water partition coefficient (Wildman–Crippen LogP) is 3.33. The zero-order valence-electron chi connectivity index (χ0n) is 18.9. The van der Waals surface area contributed by atoms with Crippen LogP contribution in [0.25, 0.3) is 16.9 Å². The molecule has 4 heterocycles. The molecule has 9 heteroatoms. The van der Waals surface area contributed by atoms with Crippen LogP contribution in [0.4, 0.5) is 11.6 Å². The quantitative estimate of drug-likeness (QED) is 0.480. The van der Waals surface area contributed by atoms with Crippen molar-refractivity contribution in [2.45, 2.75) is 62.6 Å². The van der Waals surface area contributed by atoms with Gasteiger partial charge in [-0.05, 0) is 68.2 Å². The van der Waals surface area contributed by atoms with Crippen molar-refractivity contribution in [3.63, 3.8) is 0 Å². The summed E-state index contributed by atoms with van der Waals surface area (Å²) < 4.78 is 5.73. The second kappa shape index (κ2) is 6.56. The van der Waals surface area contributed by atoms with Crippen molar-refractivity contribution in [3.8, 4) is 5.82 Å². The first-order chi connectivity index (χ1) is 16.7. The Hall–Kier alpha value is -3.46. The van der Waals surface area contributed by atoms with Crippen molar-refractivity contribution in [1.82, 2.24) is 34.4 Å². The molecule has 3 aromatic heterocycles. The third-order valence-corrected chi connectivity index (χ3v) is 7.73. The average molecular weight is 455 g/mol. The van der Waals surface area contributed by atoms with Gasteiger partial charge in [0, 0.05) is 36.2 Å². The lowest BCUT2D eigenvalue weighted by Gasteiger charge is -2.27. The van der Waals surface area contributed by atoms with Gasteiger partial charge in [0.2, 0.25) is 5.95 Å². The summed E-state index contributed by atoms with van der Waals surface area (Å²) in [4.78, 5) is 22.6. The minimum atomic E-state index is -0.0407. The molecule has 0 unspecified atom stereocenters. The van der Waals surface area contributed by atoms with Crippen molar-refractivity contribution in [3.05, 3.63) is 58.1 Å². The van der Waals surface area contributed by atoms with Crippen LogP contribution >= 0.6 is 0 Å². The van der Waals surface area contributed by atoms with Crippen LogP contribution in [0.3, 0.4) is 0 Å². The van der Waals surface area contributed by atoms with E-state index in [1.54, 1.807) is 6.20 Å². The number of hydrogen-bond acceptors (Lipinski definition) is 6. The van der Waals surface area contributed by atoms with Crippen LogP contribution in [-0.4, -0.2) is 35.7 Å². The van der Waals surface area contributed by atoms with E-state index in [0.717, 1.165) is 50.2 Å². The highest BCUT2D eigenvalue weighted by Gasteiger charge is 2.46. The third kappa shape index (κ3) is 2.82. The van der Waals surface area contributed by atoms with Crippen molar-refractivity contribution in [2.24, 2.45) is 0 Å². The molecule has 1 spiro atoms. The molecule has 1 aliphatic heterocycles. The van der Waals surface area contributed by atoms with Gasteiger partial charge in [0.15, 0.2) is 11.5 Å². The molecular formula is C25H26N8O. The Kier molecular flexibility index (Phi) is 3.65. The topological polar surface area (TPSA) is 94.6 Å². The second-order valence-electron chi connectivity index (χ2n) is 10.3. The van der Waals surface area contributed by atoms with E-state index in [2.05, 4.69) is 33.8 Å². The molecular weight excluding hydrogens is 428 g/mol. The summed E-state index contributed by atoms with van der Waals surface area (Å²) in [5, 5.41) is 12.4. The summed E-state index contributed by atoms with van der Waals surface area (Å²) in [6.07, 6.45) is 11.5. The highest BCUT2D eigenvalue weighted by molar-refractivity contribution is 5.77. The standard InChI is InChI=1S/C25H26N8O/c34-23-19-14-26-24(28-16-1-6-20-15(13-16)7-11-27-25(20)9-10-25)29-22(19)33(32(23)18-4-5-18)21-8-12-31(30-21)17-2-3-17/h1,6,8,12-14,17-18,27H,2-5,7,9-11H2,(H,26,28,29). The zero-order valence-corrected chi connectivity index (χ0v) is 18.9. The van der Waals surface area contributed by atoms with Gasteiger partial charge in [-0.3, -0.25) is 9.48 Å². The van der Waals surface area contributed by atoms with Crippen LogP contribution in [-0.2, 0) is 12.0 Å². The van der Waals surface area contributed by atoms with Gasteiger partial charge in [0.25, 0.3) is 5.56 Å². The smallest absolute Gasteiger partial charge is 0.278 e. The van der Waals surface area contributed by atoms with E-state index in [0.29, 0.717) is 23.0 Å². The molecule has 0 saturated heterocycles. The number of rotatable bonds is 5. The van der Waals surface area contributed by atoms with Gasteiger partial charge in [-0.15, -0.1) is 0 Å². The maximum Gasteiger partial charge on any atom is 0.278 e. The molecule has 172 valence electrons. The second-order valence-corrected chi connectivity index (χ2v) is 10.3. The molecule has 3 aliphatic carbocycles. The van der Waals surface area contributed by atoms with Crippen LogP contribution < -0.4 is 16.2 Å². The average Bonchev–Trinajstić information content (AvgIpc) is 3.76. The molecule has 3 saturated carbocycles. The van der Waals surface area contributed by atoms with Gasteiger partial charge in [-0.2, -0.15) is 10.1 Å². The highest BCUT2D eigenvalue weighted by atomic mass is 16.1. The van der Waals surface area contributed by atoms with E-state index in [9.17, 15) is 4.79 Å². The highest BCUT2D eigenvalue weighted by Crippen LogP contribution is 2.49. The van der Waals surface area contributed by atoms with Gasteiger partial charge in [0.1, 0.15) is 5.39 Å². The van der Waals surface area contributed by atoms with Gasteiger partial charge >= 0.3 is 0 Å². The fourth-order valence-electron chi connectivity index (χ4n) is 5.49. The monoisotopic (exact) mass is 454 g/mol. The number of benzene rings is 1. The Bertz CT molecular complexity index is 1520. The molecule has 3 fully saturated rings. The molecule has 0 radical (unpaired) electrons. The van der Waals surface area contributed by atoms with E-state index in [-0.39, 0.29) is 17.1 Å². The molecule has 0 atom stereocenters. The van der Waals surface area contributed by atoms with Crippen molar-refractivity contribution >= 4 is 22.7 Å². The van der Waals surface area contributed by atoms with Crippen molar-refractivity contribution < 1.29 is 0 Å². The summed E-state index contributed by atoms with van der Waals surface area (Å²) in [6, 6.07) is 9.24. The number of nitrogens with one attached hydrogen (secondary N) is 2. The molecule has 0 bridgehead atoms. The first-order valence-corrected chi connectivity index (χ1v) is 12.4. The minimum absolute atomic E-state index is 0.0407. The first-order valence-electron chi connectivity index (χ1n) is 12.4. The Morgan fingerprint density at radius 1 is 1.09 bits per heavy atom. The molecule has 9 nitrogen and oxygen atoms in total. The van der Waals surface area contributed by atoms with Crippen molar-refractivity contribution in [2.75, 3.05) is 11.9 Å². The predicted molar refractivity (Wildman–Crippen MR) is 128 cm³/mol. The van der Waals surface area contributed by atoms with Crippen molar-refractivity contribution in [1.29, 1.82) is 0 Å².